The van der Waals surface area contributed by atoms with Crippen LogP contribution in [0.15, 0.2) is 65.6 Å². The highest BCUT2D eigenvalue weighted by molar-refractivity contribution is 6.03. The summed E-state index contributed by atoms with van der Waals surface area (Å²) in [6.45, 7) is 18.2. The SMILES string of the molecule is C=CC(=C)NC(=C)\N=C(C)/C(=C\C)/C=C(\C)C(C)=O. The van der Waals surface area contributed by atoms with Crippen LogP contribution in [0.2, 0.25) is 0 Å². The number of rotatable bonds is 7. The molecule has 0 fully saturated rings. The standard InChI is InChI=1S/C16H22N2O/c1-8-12(4)17-15(7)18-13(5)16(9-2)10-11(3)14(6)19/h8-10,17H,1,4,7H2,2-3,5-6H3/b11-10+,16-9-,18-13-. The maximum absolute atomic E-state index is 11.2. The predicted octanol–water partition coefficient (Wildman–Crippen LogP) is 3.69. The Balaban J connectivity index is 5.06. The highest BCUT2D eigenvalue weighted by Gasteiger charge is 2.02. The molecule has 0 aromatic carbocycles. The van der Waals surface area contributed by atoms with Gasteiger partial charge in [-0.25, -0.2) is 4.99 Å². The van der Waals surface area contributed by atoms with Crippen molar-refractivity contribution in [3.05, 3.63) is 60.6 Å². The lowest BCUT2D eigenvalue weighted by Crippen LogP contribution is -2.09. The van der Waals surface area contributed by atoms with Crippen LogP contribution < -0.4 is 5.32 Å². The zero-order valence-electron chi connectivity index (χ0n) is 12.2. The van der Waals surface area contributed by atoms with Crippen LogP contribution in [-0.2, 0) is 4.79 Å². The summed E-state index contributed by atoms with van der Waals surface area (Å²) < 4.78 is 0. The number of nitrogens with zero attached hydrogens (tertiary/aromatic N) is 1. The van der Waals surface area contributed by atoms with E-state index in [1.807, 2.05) is 26.0 Å². The Morgan fingerprint density at radius 2 is 1.79 bits per heavy atom. The second-order valence-corrected chi connectivity index (χ2v) is 4.13. The number of nitrogens with one attached hydrogen (secondary N) is 1. The van der Waals surface area contributed by atoms with Crippen LogP contribution in [0, 0.1) is 0 Å². The minimum Gasteiger partial charge on any atom is -0.341 e. The fourth-order valence-corrected chi connectivity index (χ4v) is 1.26. The van der Waals surface area contributed by atoms with Crippen LogP contribution in [0.3, 0.4) is 0 Å². The van der Waals surface area contributed by atoms with E-state index >= 15 is 0 Å². The summed E-state index contributed by atoms with van der Waals surface area (Å²) in [5.74, 6) is 0.528. The fraction of sp³-hybridized carbons (Fsp3) is 0.250. The van der Waals surface area contributed by atoms with Gasteiger partial charge in [0.1, 0.15) is 5.82 Å². The van der Waals surface area contributed by atoms with E-state index in [2.05, 4.69) is 30.0 Å². The zero-order valence-corrected chi connectivity index (χ0v) is 12.2. The zero-order chi connectivity index (χ0) is 15.0. The third-order valence-electron chi connectivity index (χ3n) is 2.51. The first-order valence-corrected chi connectivity index (χ1v) is 6.00. The number of ketones is 1. The van der Waals surface area contributed by atoms with Crippen molar-refractivity contribution in [3.63, 3.8) is 0 Å². The van der Waals surface area contributed by atoms with Crippen LogP contribution in [0.1, 0.15) is 27.7 Å². The number of hydrogen-bond acceptors (Lipinski definition) is 3. The van der Waals surface area contributed by atoms with Gasteiger partial charge in [0.05, 0.1) is 0 Å². The van der Waals surface area contributed by atoms with E-state index in [9.17, 15) is 4.79 Å². The molecule has 0 aromatic rings. The first kappa shape index (κ1) is 16.8. The van der Waals surface area contributed by atoms with Crippen molar-refractivity contribution in [1.29, 1.82) is 0 Å². The van der Waals surface area contributed by atoms with E-state index in [-0.39, 0.29) is 5.78 Å². The van der Waals surface area contributed by atoms with Gasteiger partial charge < -0.3 is 5.32 Å². The fourth-order valence-electron chi connectivity index (χ4n) is 1.26. The molecule has 0 aliphatic heterocycles. The van der Waals surface area contributed by atoms with Crippen molar-refractivity contribution in [1.82, 2.24) is 5.32 Å². The highest BCUT2D eigenvalue weighted by Crippen LogP contribution is 2.08. The number of aliphatic imine (C=N–C) groups is 1. The maximum Gasteiger partial charge on any atom is 0.155 e. The minimum absolute atomic E-state index is 0.0455. The first-order valence-electron chi connectivity index (χ1n) is 6.00. The monoisotopic (exact) mass is 258 g/mol. The summed E-state index contributed by atoms with van der Waals surface area (Å²) in [5, 5.41) is 2.91. The van der Waals surface area contributed by atoms with Crippen molar-refractivity contribution in [2.75, 3.05) is 0 Å². The minimum atomic E-state index is 0.0455. The van der Waals surface area contributed by atoms with Gasteiger partial charge in [0, 0.05) is 11.4 Å². The Morgan fingerprint density at radius 3 is 2.21 bits per heavy atom. The van der Waals surface area contributed by atoms with E-state index in [1.165, 1.54) is 0 Å². The van der Waals surface area contributed by atoms with Crippen molar-refractivity contribution in [3.8, 4) is 0 Å². The van der Waals surface area contributed by atoms with Gasteiger partial charge in [-0.1, -0.05) is 25.8 Å². The molecule has 0 bridgehead atoms. The molecule has 0 spiro atoms. The van der Waals surface area contributed by atoms with Gasteiger partial charge in [0.15, 0.2) is 5.78 Å². The Hall–Kier alpha value is -2.16. The van der Waals surface area contributed by atoms with Gasteiger partial charge in [-0.15, -0.1) is 0 Å². The molecule has 0 rings (SSSR count). The van der Waals surface area contributed by atoms with Crippen LogP contribution in [0.5, 0.6) is 0 Å². The van der Waals surface area contributed by atoms with E-state index < -0.39 is 0 Å². The lowest BCUT2D eigenvalue weighted by molar-refractivity contribution is -0.113. The van der Waals surface area contributed by atoms with Crippen molar-refractivity contribution < 1.29 is 4.79 Å². The summed E-state index contributed by atoms with van der Waals surface area (Å²) in [7, 11) is 0. The molecule has 0 heterocycles. The lowest BCUT2D eigenvalue weighted by atomic mass is 10.1. The molecule has 0 radical (unpaired) electrons. The van der Waals surface area contributed by atoms with E-state index in [1.54, 1.807) is 19.9 Å². The second kappa shape index (κ2) is 8.03. The molecular formula is C16H22N2O. The molecule has 1 N–H and O–H groups in total. The number of allylic oxidation sites excluding steroid dienone is 5. The van der Waals surface area contributed by atoms with Gasteiger partial charge in [0.25, 0.3) is 0 Å². The molecule has 0 amide bonds. The number of carbonyl (C=O) groups excluding carboxylic acids is 1. The molecule has 0 aromatic heterocycles. The molecule has 0 unspecified atom stereocenters. The Labute approximate surface area is 115 Å². The van der Waals surface area contributed by atoms with E-state index in [0.29, 0.717) is 17.1 Å². The number of hydrogen-bond donors (Lipinski definition) is 1. The van der Waals surface area contributed by atoms with Crippen molar-refractivity contribution >= 4 is 11.5 Å². The Bertz CT molecular complexity index is 491. The summed E-state index contributed by atoms with van der Waals surface area (Å²) in [6, 6.07) is 0. The lowest BCUT2D eigenvalue weighted by Gasteiger charge is -2.07. The molecule has 0 aliphatic carbocycles. The van der Waals surface area contributed by atoms with Gasteiger partial charge >= 0.3 is 0 Å². The van der Waals surface area contributed by atoms with Gasteiger partial charge in [-0.2, -0.15) is 0 Å². The van der Waals surface area contributed by atoms with Crippen LogP contribution in [0.25, 0.3) is 0 Å². The molecule has 3 heteroatoms. The molecule has 0 saturated carbocycles. The average molecular weight is 258 g/mol. The molecule has 0 saturated heterocycles. The number of carbonyl (C=O) groups is 1. The second-order valence-electron chi connectivity index (χ2n) is 4.13. The smallest absolute Gasteiger partial charge is 0.155 e. The van der Waals surface area contributed by atoms with Crippen molar-refractivity contribution in [2.45, 2.75) is 27.7 Å². The summed E-state index contributed by atoms with van der Waals surface area (Å²) in [4.78, 5) is 15.6. The highest BCUT2D eigenvalue weighted by atomic mass is 16.1. The Morgan fingerprint density at radius 1 is 1.21 bits per heavy atom. The normalized spacial score (nSPS) is 12.9. The molecule has 102 valence electrons. The molecule has 19 heavy (non-hydrogen) atoms. The van der Waals surface area contributed by atoms with Crippen LogP contribution >= 0.6 is 0 Å². The average Bonchev–Trinajstić information content (AvgIpc) is 2.34. The van der Waals surface area contributed by atoms with E-state index in [0.717, 1.165) is 11.3 Å². The topological polar surface area (TPSA) is 41.5 Å². The van der Waals surface area contributed by atoms with Crippen LogP contribution in [-0.4, -0.2) is 11.5 Å². The number of Topliss-reactive ketones (excluding diaryl/α,β-unsaturated/α-hetero) is 1. The quantitative estimate of drug-likeness (QED) is 0.430. The molecular weight excluding hydrogens is 236 g/mol. The first-order chi connectivity index (χ1) is 8.81. The summed E-state index contributed by atoms with van der Waals surface area (Å²) in [6.07, 6.45) is 5.31. The largest absolute Gasteiger partial charge is 0.341 e. The summed E-state index contributed by atoms with van der Waals surface area (Å²) >= 11 is 0. The van der Waals surface area contributed by atoms with Gasteiger partial charge in [0.2, 0.25) is 0 Å². The third kappa shape index (κ3) is 6.36. The van der Waals surface area contributed by atoms with Gasteiger partial charge in [-0.05, 0) is 51.0 Å². The predicted molar refractivity (Wildman–Crippen MR) is 82.9 cm³/mol. The Kier molecular flexibility index (Phi) is 7.12. The summed E-state index contributed by atoms with van der Waals surface area (Å²) in [5.41, 5.74) is 2.99. The molecule has 0 atom stereocenters. The van der Waals surface area contributed by atoms with E-state index in [4.69, 9.17) is 0 Å². The third-order valence-corrected chi connectivity index (χ3v) is 2.51. The van der Waals surface area contributed by atoms with Crippen molar-refractivity contribution in [2.24, 2.45) is 4.99 Å². The molecule has 0 aliphatic rings. The van der Waals surface area contributed by atoms with Crippen LogP contribution in [0.4, 0.5) is 0 Å². The maximum atomic E-state index is 11.2. The van der Waals surface area contributed by atoms with Gasteiger partial charge in [-0.3, -0.25) is 4.79 Å². The molecule has 3 nitrogen and oxygen atoms in total.